The number of benzene rings is 1. The summed E-state index contributed by atoms with van der Waals surface area (Å²) in [5.41, 5.74) is 0.584. The third-order valence-electron chi connectivity index (χ3n) is 2.83. The lowest BCUT2D eigenvalue weighted by molar-refractivity contribution is -0.144. The molecule has 0 radical (unpaired) electrons. The first-order valence-corrected chi connectivity index (χ1v) is 7.82. The molecule has 0 N–H and O–H groups in total. The first-order chi connectivity index (χ1) is 9.49. The summed E-state index contributed by atoms with van der Waals surface area (Å²) in [6.45, 7) is 5.82. The molecule has 0 bridgehead atoms. The Hall–Kier alpha value is -1.49. The van der Waals surface area contributed by atoms with Gasteiger partial charge in [0.1, 0.15) is 6.54 Å². The van der Waals surface area contributed by atoms with E-state index in [0.29, 0.717) is 12.2 Å². The quantitative estimate of drug-likeness (QED) is 0.598. The van der Waals surface area contributed by atoms with Gasteiger partial charge in [0.2, 0.25) is 0 Å². The maximum atomic E-state index is 12.4. The largest absolute Gasteiger partial charge is 0.465 e. The maximum absolute atomic E-state index is 12.4. The monoisotopic (exact) mass is 295 g/mol. The number of hydrogen-bond acceptors (Lipinski definition) is 4. The van der Waals surface area contributed by atoms with Gasteiger partial charge in [0, 0.05) is 16.5 Å². The summed E-state index contributed by atoms with van der Waals surface area (Å²) >= 11 is 1.62. The molecule has 0 spiro atoms. The fourth-order valence-electron chi connectivity index (χ4n) is 1.73. The number of hydrogen-bond donors (Lipinski definition) is 0. The Kier molecular flexibility index (Phi) is 6.58. The zero-order valence-corrected chi connectivity index (χ0v) is 13.2. The molecule has 0 unspecified atom stereocenters. The Morgan fingerprint density at radius 3 is 2.30 bits per heavy atom. The van der Waals surface area contributed by atoms with E-state index in [2.05, 4.69) is 0 Å². The van der Waals surface area contributed by atoms with E-state index < -0.39 is 0 Å². The van der Waals surface area contributed by atoms with E-state index in [1.165, 1.54) is 4.90 Å². The van der Waals surface area contributed by atoms with Crippen LogP contribution in [0.2, 0.25) is 0 Å². The Morgan fingerprint density at radius 2 is 1.85 bits per heavy atom. The van der Waals surface area contributed by atoms with Crippen LogP contribution in [0.1, 0.15) is 31.1 Å². The van der Waals surface area contributed by atoms with Gasteiger partial charge in [0.25, 0.3) is 5.91 Å². The summed E-state index contributed by atoms with van der Waals surface area (Å²) in [7, 11) is 0. The van der Waals surface area contributed by atoms with Crippen LogP contribution >= 0.6 is 11.8 Å². The highest BCUT2D eigenvalue weighted by Gasteiger charge is 2.22. The van der Waals surface area contributed by atoms with Crippen LogP contribution in [-0.2, 0) is 9.53 Å². The number of esters is 1. The zero-order valence-electron chi connectivity index (χ0n) is 12.4. The van der Waals surface area contributed by atoms with Gasteiger partial charge in [0.15, 0.2) is 0 Å². The first-order valence-electron chi connectivity index (χ1n) is 6.60. The van der Waals surface area contributed by atoms with Gasteiger partial charge in [-0.2, -0.15) is 0 Å². The standard InChI is InChI=1S/C15H21NO3S/c1-5-19-14(17)10-16(11(2)3)15(18)12-6-8-13(20-4)9-7-12/h6-9,11H,5,10H2,1-4H3. The minimum atomic E-state index is -0.379. The summed E-state index contributed by atoms with van der Waals surface area (Å²) in [6.07, 6.45) is 1.98. The van der Waals surface area contributed by atoms with Crippen molar-refractivity contribution in [3.63, 3.8) is 0 Å². The van der Waals surface area contributed by atoms with Crippen molar-refractivity contribution in [2.24, 2.45) is 0 Å². The fourth-order valence-corrected chi connectivity index (χ4v) is 2.14. The number of carbonyl (C=O) groups is 2. The van der Waals surface area contributed by atoms with Crippen molar-refractivity contribution in [3.8, 4) is 0 Å². The van der Waals surface area contributed by atoms with Gasteiger partial charge in [0.05, 0.1) is 6.61 Å². The normalized spacial score (nSPS) is 10.4. The molecule has 0 aliphatic rings. The molecule has 0 aliphatic heterocycles. The average Bonchev–Trinajstić information content (AvgIpc) is 2.44. The number of thioether (sulfide) groups is 1. The Bertz CT molecular complexity index is 457. The van der Waals surface area contributed by atoms with Crippen LogP contribution in [0.3, 0.4) is 0 Å². The molecule has 0 fully saturated rings. The molecule has 0 aromatic heterocycles. The van der Waals surface area contributed by atoms with Crippen molar-refractivity contribution in [2.75, 3.05) is 19.4 Å². The third-order valence-corrected chi connectivity index (χ3v) is 3.57. The highest BCUT2D eigenvalue weighted by molar-refractivity contribution is 7.98. The summed E-state index contributed by atoms with van der Waals surface area (Å²) in [4.78, 5) is 26.6. The number of carbonyl (C=O) groups excluding carboxylic acids is 2. The van der Waals surface area contributed by atoms with E-state index >= 15 is 0 Å². The van der Waals surface area contributed by atoms with E-state index in [9.17, 15) is 9.59 Å². The van der Waals surface area contributed by atoms with Crippen LogP contribution in [0.4, 0.5) is 0 Å². The van der Waals surface area contributed by atoms with Crippen molar-refractivity contribution in [1.29, 1.82) is 0 Å². The van der Waals surface area contributed by atoms with Crippen molar-refractivity contribution in [1.82, 2.24) is 4.90 Å². The van der Waals surface area contributed by atoms with Gasteiger partial charge in [-0.25, -0.2) is 0 Å². The lowest BCUT2D eigenvalue weighted by atomic mass is 10.1. The molecule has 1 amide bonds. The number of ether oxygens (including phenoxy) is 1. The van der Waals surface area contributed by atoms with Crippen LogP contribution < -0.4 is 0 Å². The number of nitrogens with zero attached hydrogens (tertiary/aromatic N) is 1. The smallest absolute Gasteiger partial charge is 0.325 e. The molecular formula is C15H21NO3S. The van der Waals surface area contributed by atoms with Crippen LogP contribution in [0.5, 0.6) is 0 Å². The fraction of sp³-hybridized carbons (Fsp3) is 0.467. The molecule has 1 rings (SSSR count). The molecule has 0 heterocycles. The highest BCUT2D eigenvalue weighted by Crippen LogP contribution is 2.16. The maximum Gasteiger partial charge on any atom is 0.325 e. The van der Waals surface area contributed by atoms with Crippen LogP contribution in [-0.4, -0.2) is 42.2 Å². The minimum Gasteiger partial charge on any atom is -0.465 e. The molecule has 110 valence electrons. The lowest BCUT2D eigenvalue weighted by Crippen LogP contribution is -2.41. The molecule has 0 aliphatic carbocycles. The molecule has 0 atom stereocenters. The Balaban J connectivity index is 2.84. The van der Waals surface area contributed by atoms with Gasteiger partial charge in [-0.3, -0.25) is 9.59 Å². The van der Waals surface area contributed by atoms with Crippen LogP contribution in [0.15, 0.2) is 29.2 Å². The predicted molar refractivity (Wildman–Crippen MR) is 81.0 cm³/mol. The number of rotatable bonds is 6. The molecular weight excluding hydrogens is 274 g/mol. The summed E-state index contributed by atoms with van der Waals surface area (Å²) < 4.78 is 4.91. The van der Waals surface area contributed by atoms with Crippen molar-refractivity contribution in [2.45, 2.75) is 31.7 Å². The van der Waals surface area contributed by atoms with E-state index in [1.54, 1.807) is 30.8 Å². The van der Waals surface area contributed by atoms with Gasteiger partial charge >= 0.3 is 5.97 Å². The Morgan fingerprint density at radius 1 is 1.25 bits per heavy atom. The topological polar surface area (TPSA) is 46.6 Å². The van der Waals surface area contributed by atoms with E-state index in [4.69, 9.17) is 4.74 Å². The molecule has 1 aromatic rings. The second-order valence-corrected chi connectivity index (χ2v) is 5.44. The molecule has 0 saturated carbocycles. The molecule has 20 heavy (non-hydrogen) atoms. The van der Waals surface area contributed by atoms with Crippen LogP contribution in [0.25, 0.3) is 0 Å². The summed E-state index contributed by atoms with van der Waals surface area (Å²) in [6, 6.07) is 7.32. The lowest BCUT2D eigenvalue weighted by Gasteiger charge is -2.25. The Labute approximate surface area is 124 Å². The van der Waals surface area contributed by atoms with Crippen molar-refractivity contribution >= 4 is 23.6 Å². The van der Waals surface area contributed by atoms with Crippen molar-refractivity contribution in [3.05, 3.63) is 29.8 Å². The zero-order chi connectivity index (χ0) is 15.1. The van der Waals surface area contributed by atoms with Gasteiger partial charge in [-0.05, 0) is 51.3 Å². The van der Waals surface area contributed by atoms with Crippen LogP contribution in [0, 0.1) is 0 Å². The van der Waals surface area contributed by atoms with E-state index in [-0.39, 0.29) is 24.5 Å². The third kappa shape index (κ3) is 4.56. The molecule has 0 saturated heterocycles. The second kappa shape index (κ2) is 7.94. The summed E-state index contributed by atoms with van der Waals surface area (Å²) in [5, 5.41) is 0. The number of amides is 1. The molecule has 4 nitrogen and oxygen atoms in total. The first kappa shape index (κ1) is 16.6. The van der Waals surface area contributed by atoms with Gasteiger partial charge in [-0.15, -0.1) is 11.8 Å². The van der Waals surface area contributed by atoms with E-state index in [0.717, 1.165) is 4.90 Å². The van der Waals surface area contributed by atoms with Gasteiger partial charge < -0.3 is 9.64 Å². The average molecular weight is 295 g/mol. The second-order valence-electron chi connectivity index (χ2n) is 4.56. The predicted octanol–water partition coefficient (Wildman–Crippen LogP) is 2.82. The van der Waals surface area contributed by atoms with Gasteiger partial charge in [-0.1, -0.05) is 0 Å². The summed E-state index contributed by atoms with van der Waals surface area (Å²) in [5.74, 6) is -0.531. The van der Waals surface area contributed by atoms with E-state index in [1.807, 2.05) is 32.2 Å². The SMILES string of the molecule is CCOC(=O)CN(C(=O)c1ccc(SC)cc1)C(C)C. The van der Waals surface area contributed by atoms with Crippen molar-refractivity contribution < 1.29 is 14.3 Å². The minimum absolute atomic E-state index is 0.0192. The highest BCUT2D eigenvalue weighted by atomic mass is 32.2. The molecule has 1 aromatic carbocycles. The molecule has 5 heteroatoms.